The summed E-state index contributed by atoms with van der Waals surface area (Å²) in [4.78, 5) is 38.5. The third-order valence-corrected chi connectivity index (χ3v) is 6.78. The van der Waals surface area contributed by atoms with E-state index in [4.69, 9.17) is 23.7 Å². The Kier molecular flexibility index (Phi) is 8.72. The number of nitrogens with one attached hydrogen (secondary N) is 1. The van der Waals surface area contributed by atoms with E-state index in [1.807, 2.05) is 25.1 Å². The molecule has 2 N–H and O–H groups in total. The number of thiophene rings is 1. The standard InChI is InChI=1S/C28H27NO9S/c1-4-35-28(33)26-19(11-18-6-9-21-23(13-18)38-15-37-21)16(2)39-27(26)29-24(31)14-36-25(32)10-7-17-5-8-20(30)22(12-17)34-3/h5-10,12-13,30H,4,11,14-15H2,1-3H3,(H,29,31)/b10-7+. The summed E-state index contributed by atoms with van der Waals surface area (Å²) in [6.45, 7) is 3.33. The molecule has 4 rings (SSSR count). The van der Waals surface area contributed by atoms with Gasteiger partial charge >= 0.3 is 11.9 Å². The summed E-state index contributed by atoms with van der Waals surface area (Å²) in [5.41, 5.74) is 2.47. The Balaban J connectivity index is 1.43. The van der Waals surface area contributed by atoms with Crippen molar-refractivity contribution in [3.63, 3.8) is 0 Å². The Bertz CT molecular complexity index is 1430. The predicted octanol–water partition coefficient (Wildman–Crippen LogP) is 4.46. The lowest BCUT2D eigenvalue weighted by Crippen LogP contribution is -2.21. The molecule has 204 valence electrons. The Morgan fingerprint density at radius 3 is 2.67 bits per heavy atom. The molecule has 1 aliphatic rings. The number of carbonyl (C=O) groups excluding carboxylic acids is 3. The van der Waals surface area contributed by atoms with Crippen LogP contribution in [0.5, 0.6) is 23.0 Å². The van der Waals surface area contributed by atoms with Crippen molar-refractivity contribution in [2.75, 3.05) is 32.4 Å². The number of esters is 2. The van der Waals surface area contributed by atoms with Crippen molar-refractivity contribution in [2.24, 2.45) is 0 Å². The number of phenolic OH excluding ortho intramolecular Hbond substituents is 1. The first kappa shape index (κ1) is 27.5. The minimum atomic E-state index is -0.742. The van der Waals surface area contributed by atoms with E-state index in [0.29, 0.717) is 28.5 Å². The first-order valence-electron chi connectivity index (χ1n) is 12.0. The molecule has 0 unspecified atom stereocenters. The molecule has 0 fully saturated rings. The molecular weight excluding hydrogens is 526 g/mol. The maximum absolute atomic E-state index is 12.9. The number of phenols is 1. The first-order valence-corrected chi connectivity index (χ1v) is 12.8. The van der Waals surface area contributed by atoms with Crippen molar-refractivity contribution in [2.45, 2.75) is 20.3 Å². The van der Waals surface area contributed by atoms with E-state index in [9.17, 15) is 19.5 Å². The Morgan fingerprint density at radius 1 is 1.10 bits per heavy atom. The number of benzene rings is 2. The lowest BCUT2D eigenvalue weighted by Gasteiger charge is -2.10. The number of fused-ring (bicyclic) bond motifs is 1. The van der Waals surface area contributed by atoms with Crippen molar-refractivity contribution in [3.05, 3.63) is 69.6 Å². The average molecular weight is 554 g/mol. The molecule has 1 aliphatic heterocycles. The van der Waals surface area contributed by atoms with E-state index in [0.717, 1.165) is 22.1 Å². The van der Waals surface area contributed by atoms with Crippen LogP contribution in [0.3, 0.4) is 0 Å². The number of ether oxygens (including phenoxy) is 5. The fraction of sp³-hybridized carbons (Fsp3) is 0.250. The molecule has 0 saturated heterocycles. The largest absolute Gasteiger partial charge is 0.504 e. The van der Waals surface area contributed by atoms with Crippen LogP contribution >= 0.6 is 11.3 Å². The molecule has 0 saturated carbocycles. The monoisotopic (exact) mass is 553 g/mol. The summed E-state index contributed by atoms with van der Waals surface area (Å²) < 4.78 is 26.2. The minimum Gasteiger partial charge on any atom is -0.504 e. The van der Waals surface area contributed by atoms with Crippen LogP contribution in [0, 0.1) is 6.92 Å². The number of amides is 1. The summed E-state index contributed by atoms with van der Waals surface area (Å²) >= 11 is 1.24. The molecule has 2 aromatic carbocycles. The first-order chi connectivity index (χ1) is 18.8. The molecule has 0 aliphatic carbocycles. The molecule has 0 bridgehead atoms. The molecule has 39 heavy (non-hydrogen) atoms. The third-order valence-electron chi connectivity index (χ3n) is 5.72. The SMILES string of the molecule is CCOC(=O)c1c(NC(=O)COC(=O)/C=C/c2ccc(O)c(OC)c2)sc(C)c1Cc1ccc2c(c1)OCO2. The molecule has 1 amide bonds. The summed E-state index contributed by atoms with van der Waals surface area (Å²) in [6, 6.07) is 10.1. The van der Waals surface area contributed by atoms with Crippen LogP contribution < -0.4 is 19.5 Å². The molecule has 0 spiro atoms. The van der Waals surface area contributed by atoms with Gasteiger partial charge in [-0.1, -0.05) is 12.1 Å². The van der Waals surface area contributed by atoms with Gasteiger partial charge in [-0.15, -0.1) is 11.3 Å². The van der Waals surface area contributed by atoms with Gasteiger partial charge in [0.25, 0.3) is 5.91 Å². The van der Waals surface area contributed by atoms with Gasteiger partial charge in [-0.05, 0) is 67.3 Å². The van der Waals surface area contributed by atoms with Gasteiger partial charge < -0.3 is 34.1 Å². The van der Waals surface area contributed by atoms with Gasteiger partial charge in [0.05, 0.1) is 19.3 Å². The Morgan fingerprint density at radius 2 is 1.90 bits per heavy atom. The lowest BCUT2D eigenvalue weighted by atomic mass is 10.0. The van der Waals surface area contributed by atoms with Crippen LogP contribution in [-0.2, 0) is 25.5 Å². The van der Waals surface area contributed by atoms with Crippen molar-refractivity contribution >= 4 is 40.3 Å². The summed E-state index contributed by atoms with van der Waals surface area (Å²) in [5, 5.41) is 12.7. The maximum Gasteiger partial charge on any atom is 0.341 e. The zero-order valence-corrected chi connectivity index (χ0v) is 22.4. The second kappa shape index (κ2) is 12.4. The predicted molar refractivity (Wildman–Crippen MR) is 144 cm³/mol. The highest BCUT2D eigenvalue weighted by Gasteiger charge is 2.25. The van der Waals surface area contributed by atoms with Gasteiger partial charge in [-0.25, -0.2) is 9.59 Å². The molecule has 0 atom stereocenters. The van der Waals surface area contributed by atoms with Crippen LogP contribution in [0.25, 0.3) is 6.08 Å². The van der Waals surface area contributed by atoms with Crippen LogP contribution in [0.4, 0.5) is 5.00 Å². The fourth-order valence-electron chi connectivity index (χ4n) is 3.86. The van der Waals surface area contributed by atoms with Crippen molar-refractivity contribution < 1.29 is 43.2 Å². The second-order valence-corrected chi connectivity index (χ2v) is 9.57. The minimum absolute atomic E-state index is 0.0288. The van der Waals surface area contributed by atoms with Crippen LogP contribution in [0.15, 0.2) is 42.5 Å². The van der Waals surface area contributed by atoms with Gasteiger partial charge in [0.2, 0.25) is 6.79 Å². The highest BCUT2D eigenvalue weighted by atomic mass is 32.1. The molecule has 2 heterocycles. The number of methoxy groups -OCH3 is 1. The van der Waals surface area contributed by atoms with E-state index in [1.165, 1.54) is 30.6 Å². The Hall–Kier alpha value is -4.51. The summed E-state index contributed by atoms with van der Waals surface area (Å²) in [7, 11) is 1.41. The number of carbonyl (C=O) groups is 3. The topological polar surface area (TPSA) is 130 Å². The van der Waals surface area contributed by atoms with Gasteiger partial charge in [0.1, 0.15) is 5.00 Å². The molecule has 0 radical (unpaired) electrons. The van der Waals surface area contributed by atoms with Gasteiger partial charge in [0.15, 0.2) is 29.6 Å². The lowest BCUT2D eigenvalue weighted by molar-refractivity contribution is -0.142. The van der Waals surface area contributed by atoms with Gasteiger partial charge in [-0.2, -0.15) is 0 Å². The van der Waals surface area contributed by atoms with Crippen LogP contribution in [-0.4, -0.2) is 50.1 Å². The summed E-state index contributed by atoms with van der Waals surface area (Å²) in [6.07, 6.45) is 3.03. The molecular formula is C28H27NO9S. The quantitative estimate of drug-likeness (QED) is 0.276. The van der Waals surface area contributed by atoms with Gasteiger partial charge in [-0.3, -0.25) is 4.79 Å². The van der Waals surface area contributed by atoms with Crippen LogP contribution in [0.1, 0.15) is 38.8 Å². The highest BCUT2D eigenvalue weighted by molar-refractivity contribution is 7.16. The molecule has 1 aromatic heterocycles. The number of hydrogen-bond donors (Lipinski definition) is 2. The van der Waals surface area contributed by atoms with Crippen molar-refractivity contribution in [3.8, 4) is 23.0 Å². The van der Waals surface area contributed by atoms with Crippen molar-refractivity contribution in [1.82, 2.24) is 0 Å². The molecule has 3 aromatic rings. The highest BCUT2D eigenvalue weighted by Crippen LogP contribution is 2.38. The van der Waals surface area contributed by atoms with Crippen LogP contribution in [0.2, 0.25) is 0 Å². The number of hydrogen-bond acceptors (Lipinski definition) is 10. The summed E-state index contributed by atoms with van der Waals surface area (Å²) in [5.74, 6) is -0.390. The average Bonchev–Trinajstić information content (AvgIpc) is 3.50. The van der Waals surface area contributed by atoms with E-state index in [-0.39, 0.29) is 30.5 Å². The van der Waals surface area contributed by atoms with E-state index in [2.05, 4.69) is 5.32 Å². The smallest absolute Gasteiger partial charge is 0.341 e. The normalized spacial score (nSPS) is 11.9. The maximum atomic E-state index is 12.9. The Labute approximate surface area is 228 Å². The van der Waals surface area contributed by atoms with E-state index in [1.54, 1.807) is 19.1 Å². The van der Waals surface area contributed by atoms with Gasteiger partial charge in [0, 0.05) is 11.0 Å². The zero-order valence-electron chi connectivity index (χ0n) is 21.6. The fourth-order valence-corrected chi connectivity index (χ4v) is 4.94. The number of aromatic hydroxyl groups is 1. The molecule has 10 nitrogen and oxygen atoms in total. The second-order valence-electron chi connectivity index (χ2n) is 8.35. The number of anilines is 1. The third kappa shape index (κ3) is 6.68. The zero-order chi connectivity index (χ0) is 27.9. The van der Waals surface area contributed by atoms with E-state index >= 15 is 0 Å². The van der Waals surface area contributed by atoms with Crippen molar-refractivity contribution in [1.29, 1.82) is 0 Å². The van der Waals surface area contributed by atoms with E-state index < -0.39 is 24.5 Å². The number of aryl methyl sites for hydroxylation is 1. The molecule has 11 heteroatoms. The number of rotatable bonds is 10.